The molecule has 2 saturated heterocycles. The van der Waals surface area contributed by atoms with Gasteiger partial charge in [-0.2, -0.15) is 0 Å². The number of ether oxygens (including phenoxy) is 6. The number of rotatable bonds is 15. The van der Waals surface area contributed by atoms with E-state index < -0.39 is 5.60 Å². The largest absolute Gasteiger partial charge is 0.508 e. The first kappa shape index (κ1) is 62.3. The number of carbonyl (C=O) groups is 1. The number of halogens is 5. The number of methoxy groups -OCH3 is 1. The van der Waals surface area contributed by atoms with Gasteiger partial charge >= 0.3 is 9.28 Å². The maximum absolute atomic E-state index is 12.3. The van der Waals surface area contributed by atoms with Crippen LogP contribution in [0.2, 0.25) is 0 Å². The molecule has 0 unspecified atom stereocenters. The smallest absolute Gasteiger partial charge is 0.410 e. The molecule has 0 aliphatic carbocycles. The fraction of sp³-hybridized carbons (Fsp3) is 0.305. The minimum atomic E-state index is -0.476. The lowest BCUT2D eigenvalue weighted by atomic mass is 10.1. The molecule has 2 aliphatic heterocycles. The molecule has 2 aliphatic rings. The van der Waals surface area contributed by atoms with Crippen molar-refractivity contribution in [3.63, 3.8) is 0 Å². The molecule has 0 radical (unpaired) electrons. The topological polar surface area (TPSA) is 114 Å². The lowest BCUT2D eigenvalue weighted by Crippen LogP contribution is -2.50. The van der Waals surface area contributed by atoms with Crippen molar-refractivity contribution in [1.82, 2.24) is 20.0 Å². The summed E-state index contributed by atoms with van der Waals surface area (Å²) in [5.74, 6) is 5.81. The predicted octanol–water partition coefficient (Wildman–Crippen LogP) is 17.0. The molecule has 10 rings (SSSR count). The zero-order valence-electron chi connectivity index (χ0n) is 43.6. The second kappa shape index (κ2) is 30.1. The van der Waals surface area contributed by atoms with Gasteiger partial charge in [0.05, 0.1) is 16.9 Å². The number of carbonyl (C=O) groups excluding carboxylic acids is 1. The minimum Gasteiger partial charge on any atom is -0.508 e. The predicted molar refractivity (Wildman–Crippen MR) is 345 cm³/mol. The molecule has 2 N–H and O–H groups in total. The van der Waals surface area contributed by atoms with Crippen LogP contribution >= 0.6 is 102 Å². The van der Waals surface area contributed by atoms with Gasteiger partial charge in [-0.1, -0.05) is 63.6 Å². The Balaban J connectivity index is 0.000000216. The van der Waals surface area contributed by atoms with E-state index in [0.29, 0.717) is 26.3 Å². The van der Waals surface area contributed by atoms with Gasteiger partial charge in [-0.3, -0.25) is 9.80 Å². The number of piperazine rings is 2. The van der Waals surface area contributed by atoms with Gasteiger partial charge < -0.3 is 43.7 Å². The number of nitrogens with one attached hydrogen (secondary N) is 1. The van der Waals surface area contributed by atoms with Crippen LogP contribution in [0.25, 0.3) is 41.1 Å². The summed E-state index contributed by atoms with van der Waals surface area (Å²) < 4.78 is 40.2. The average molecular weight is 1430 g/mol. The highest BCUT2D eigenvalue weighted by atomic mass is 79.9. The number of amides is 1. The quantitative estimate of drug-likeness (QED) is 0.0957. The molecule has 0 atom stereocenters. The molecule has 8 aromatic rings. The molecule has 12 nitrogen and oxygen atoms in total. The number of phenolic OH excluding ortho intramolecular Hbond substituents is 1. The Labute approximate surface area is 513 Å². The van der Waals surface area contributed by atoms with E-state index in [4.69, 9.17) is 28.4 Å². The van der Waals surface area contributed by atoms with E-state index in [2.05, 4.69) is 119 Å². The number of benzene rings is 6. The first-order chi connectivity index (χ1) is 37.6. The summed E-state index contributed by atoms with van der Waals surface area (Å²) in [7, 11) is 1.68. The fourth-order valence-electron chi connectivity index (χ4n) is 8.47. The van der Waals surface area contributed by atoms with Crippen LogP contribution in [0.4, 0.5) is 4.79 Å². The van der Waals surface area contributed by atoms with E-state index in [1.165, 1.54) is 0 Å². The summed E-state index contributed by atoms with van der Waals surface area (Å²) in [6.07, 6.45) is -0.241. The van der Waals surface area contributed by atoms with Gasteiger partial charge in [-0.25, -0.2) is 4.79 Å². The van der Waals surface area contributed by atoms with Crippen LogP contribution in [0.5, 0.6) is 46.0 Å². The van der Waals surface area contributed by atoms with E-state index in [1.54, 1.807) is 46.8 Å². The summed E-state index contributed by atoms with van der Waals surface area (Å²) in [4.78, 5) is 20.9. The van der Waals surface area contributed by atoms with Crippen molar-refractivity contribution in [3.8, 4) is 66.9 Å². The number of nitrogens with zero attached hydrogens (tertiary/aromatic N) is 3. The maximum atomic E-state index is 12.3. The van der Waals surface area contributed by atoms with Crippen LogP contribution in [0.15, 0.2) is 142 Å². The summed E-state index contributed by atoms with van der Waals surface area (Å²) in [5, 5.41) is 15.3. The molecule has 0 spiro atoms. The van der Waals surface area contributed by atoms with Gasteiger partial charge in [0, 0.05) is 94.6 Å². The Morgan fingerprint density at radius 1 is 0.595 bits per heavy atom. The van der Waals surface area contributed by atoms with Crippen molar-refractivity contribution in [2.45, 2.75) is 33.8 Å². The molecule has 0 saturated carbocycles. The molecule has 418 valence electrons. The third-order valence-corrected chi connectivity index (χ3v) is 15.8. The Morgan fingerprint density at radius 3 is 1.47 bits per heavy atom. The molecule has 2 aromatic heterocycles. The van der Waals surface area contributed by atoms with Crippen molar-refractivity contribution in [1.29, 1.82) is 0 Å². The highest BCUT2D eigenvalue weighted by Crippen LogP contribution is 2.49. The van der Waals surface area contributed by atoms with Crippen molar-refractivity contribution < 1.29 is 38.3 Å². The highest BCUT2D eigenvalue weighted by Gasteiger charge is 2.26. The number of phenols is 1. The Hall–Kier alpha value is -4.35. The first-order valence-electron chi connectivity index (χ1n) is 25.3. The Kier molecular flexibility index (Phi) is 23.7. The van der Waals surface area contributed by atoms with Gasteiger partial charge in [-0.05, 0) is 141 Å². The van der Waals surface area contributed by atoms with E-state index in [0.717, 1.165) is 143 Å². The van der Waals surface area contributed by atoms with Crippen molar-refractivity contribution in [2.75, 3.05) is 85.8 Å². The second-order valence-corrected chi connectivity index (χ2v) is 29.4. The Morgan fingerprint density at radius 2 is 1.01 bits per heavy atom. The zero-order chi connectivity index (χ0) is 55.2. The summed E-state index contributed by atoms with van der Waals surface area (Å²) in [5.41, 5.74) is 1.69. The maximum Gasteiger partial charge on any atom is 0.410 e. The third-order valence-electron chi connectivity index (χ3n) is 12.4. The van der Waals surface area contributed by atoms with Crippen LogP contribution < -0.4 is 29.0 Å². The Bertz CT molecular complexity index is 3180. The zero-order valence-corrected chi connectivity index (χ0v) is 53.2. The second-order valence-electron chi connectivity index (χ2n) is 19.1. The van der Waals surface area contributed by atoms with Gasteiger partial charge in [-0.15, -0.1) is 69.9 Å². The number of thiophene rings is 2. The van der Waals surface area contributed by atoms with Gasteiger partial charge in [0.2, 0.25) is 0 Å². The fourth-order valence-corrected chi connectivity index (χ4v) is 11.3. The summed E-state index contributed by atoms with van der Waals surface area (Å²) in [6.45, 7) is 15.8. The number of hydrogen-bond donors (Lipinski definition) is 2. The molecule has 2 fully saturated rings. The van der Waals surface area contributed by atoms with Gasteiger partial charge in [0.1, 0.15) is 53.3 Å². The van der Waals surface area contributed by atoms with E-state index >= 15 is 0 Å². The molecule has 6 aromatic carbocycles. The van der Waals surface area contributed by atoms with Crippen LogP contribution in [-0.4, -0.2) is 120 Å². The van der Waals surface area contributed by atoms with Crippen LogP contribution in [0, 0.1) is 0 Å². The normalized spacial score (nSPS) is 13.8. The minimum absolute atomic E-state index is 0. The number of fused-ring (bicyclic) bond motifs is 2. The van der Waals surface area contributed by atoms with Crippen molar-refractivity contribution >= 4 is 131 Å². The van der Waals surface area contributed by atoms with E-state index in [1.807, 2.05) is 118 Å². The molecule has 4 heterocycles. The average Bonchev–Trinajstić information content (AvgIpc) is 4.03. The van der Waals surface area contributed by atoms with E-state index in [9.17, 15) is 9.90 Å². The lowest BCUT2D eigenvalue weighted by molar-refractivity contribution is 0.0137. The highest BCUT2D eigenvalue weighted by molar-refractivity contribution is 9.69. The van der Waals surface area contributed by atoms with Crippen LogP contribution in [0.3, 0.4) is 0 Å². The third kappa shape index (κ3) is 18.6. The standard InChI is InChI=1S/C32H35BrN2O5S.C26H25BrN2O3S.CH4.BBr3/c1-32(2,3)40-31(36)35-17-15-34(16-18-35)19-20-38-24-9-11-25(12-10-24)39-29-27-14-13-26(37-4)21-28(27)41-30(29)22-5-7-23(33)8-6-22;27-19-3-1-18(2-4-19)26-25(23-10-5-20(30)17-24(23)33-26)32-22-8-6-21(7-9-22)31-16-15-29-13-11-28-12-14-29;;2-1(3)4/h5-14,21H,15-20H2,1-4H3;1-10,17,28,30H,11-16H2;1H4;. The van der Waals surface area contributed by atoms with Crippen molar-refractivity contribution in [3.05, 3.63) is 142 Å². The first-order valence-corrected chi connectivity index (χ1v) is 31.3. The monoisotopic (exact) mass is 1430 g/mol. The molecule has 79 heavy (non-hydrogen) atoms. The lowest BCUT2D eigenvalue weighted by Gasteiger charge is -2.35. The molecular formula is C59H64BBr5N4O8S2. The molecule has 0 bridgehead atoms. The van der Waals surface area contributed by atoms with Crippen LogP contribution in [-0.2, 0) is 4.74 Å². The molecular weight excluding hydrogens is 1370 g/mol. The summed E-state index contributed by atoms with van der Waals surface area (Å²) in [6, 6.07) is 43.4. The van der Waals surface area contributed by atoms with E-state index in [-0.39, 0.29) is 22.5 Å². The van der Waals surface area contributed by atoms with Crippen molar-refractivity contribution in [2.24, 2.45) is 0 Å². The van der Waals surface area contributed by atoms with Gasteiger partial charge in [0.15, 0.2) is 11.5 Å². The summed E-state index contributed by atoms with van der Waals surface area (Å²) >= 11 is 19.6. The molecule has 20 heteroatoms. The van der Waals surface area contributed by atoms with Crippen LogP contribution in [0.1, 0.15) is 28.2 Å². The van der Waals surface area contributed by atoms with Gasteiger partial charge in [0.25, 0.3) is 0 Å². The molecule has 1 amide bonds. The SMILES string of the molecule is BrB(Br)Br.C.COc1ccc2c(Oc3ccc(OCCN4CCN(C(=O)OC(C)(C)C)CC4)cc3)c(-c3ccc(Br)cc3)sc2c1.Oc1ccc2c(Oc3ccc(OCCN4CCNCC4)cc3)c(-c3ccc(Br)cc3)sc2c1. The number of aromatic hydroxyl groups is 1. The number of hydrogen-bond acceptors (Lipinski definition) is 13.